The number of rotatable bonds is 2. The van der Waals surface area contributed by atoms with Crippen molar-refractivity contribution in [3.63, 3.8) is 0 Å². The third kappa shape index (κ3) is 5.26. The van der Waals surface area contributed by atoms with Gasteiger partial charge in [0, 0.05) is 0 Å². The zero-order chi connectivity index (χ0) is 31.0. The number of aromatic nitrogens is 8. The smallest absolute Gasteiger partial charge is 0.386 e. The highest BCUT2D eigenvalue weighted by Crippen LogP contribution is 2.60. The molecule has 0 unspecified atom stereocenters. The zero-order valence-electron chi connectivity index (χ0n) is 22.0. The number of alkyl halides is 1. The molecule has 236 valence electrons. The molecular formula is C20H23FN10O9P2S2. The van der Waals surface area contributed by atoms with Crippen molar-refractivity contribution in [1.82, 2.24) is 39.0 Å². The van der Waals surface area contributed by atoms with E-state index in [1.165, 1.54) is 34.4 Å². The molecule has 5 N–H and O–H groups in total. The number of imidazole rings is 2. The van der Waals surface area contributed by atoms with Crippen LogP contribution in [0, 0.1) is 0 Å². The second kappa shape index (κ2) is 11.1. The van der Waals surface area contributed by atoms with Gasteiger partial charge in [-0.2, -0.15) is 0 Å². The van der Waals surface area contributed by atoms with Crippen molar-refractivity contribution in [3.05, 3.63) is 25.3 Å². The predicted octanol–water partition coefficient (Wildman–Crippen LogP) is 1.22. The second-order valence-electron chi connectivity index (χ2n) is 9.90. The van der Waals surface area contributed by atoms with Gasteiger partial charge < -0.3 is 26.0 Å². The van der Waals surface area contributed by atoms with Crippen LogP contribution in [0.25, 0.3) is 22.3 Å². The number of ether oxygens (including phenoxy) is 2. The van der Waals surface area contributed by atoms with Gasteiger partial charge in [-0.1, -0.05) is 24.5 Å². The van der Waals surface area contributed by atoms with Crippen LogP contribution in [-0.2, 0) is 36.7 Å². The molecule has 44 heavy (non-hydrogen) atoms. The number of nitrogens with zero attached hydrogens (tertiary/aromatic N) is 8. The molecule has 0 aliphatic carbocycles. The van der Waals surface area contributed by atoms with Gasteiger partial charge in [-0.05, 0) is 0 Å². The molecule has 7 heterocycles. The first-order chi connectivity index (χ1) is 20.9. The van der Waals surface area contributed by atoms with Gasteiger partial charge in [0.2, 0.25) is 0 Å². The maximum absolute atomic E-state index is 15.8. The van der Waals surface area contributed by atoms with Crippen molar-refractivity contribution in [2.24, 2.45) is 0 Å². The number of nitrogens with two attached hydrogens (primary N) is 2. The van der Waals surface area contributed by atoms with E-state index < -0.39 is 76.0 Å². The predicted molar refractivity (Wildman–Crippen MR) is 153 cm³/mol. The van der Waals surface area contributed by atoms with Crippen LogP contribution in [0.5, 0.6) is 0 Å². The fourth-order valence-electron chi connectivity index (χ4n) is 5.20. The van der Waals surface area contributed by atoms with Gasteiger partial charge >= 0.3 is 13.6 Å². The molecule has 4 aromatic heterocycles. The fraction of sp³-hybridized carbons (Fsp3) is 0.500. The van der Waals surface area contributed by atoms with Gasteiger partial charge in [-0.25, -0.2) is 43.4 Å². The van der Waals surface area contributed by atoms with Gasteiger partial charge in [0.15, 0.2) is 41.6 Å². The monoisotopic (exact) mass is 692 g/mol. The molecule has 7 rings (SSSR count). The number of aliphatic hydroxyl groups excluding tert-OH is 1. The van der Waals surface area contributed by atoms with Crippen LogP contribution in [0.1, 0.15) is 12.5 Å². The Morgan fingerprint density at radius 2 is 1.30 bits per heavy atom. The molecular weight excluding hydrogens is 669 g/mol. The van der Waals surface area contributed by atoms with Gasteiger partial charge in [-0.3, -0.25) is 27.2 Å². The number of halogens is 1. The van der Waals surface area contributed by atoms with E-state index in [2.05, 4.69) is 54.4 Å². The minimum atomic E-state index is -4.39. The molecule has 0 saturated carbocycles. The molecule has 3 aliphatic heterocycles. The van der Waals surface area contributed by atoms with Crippen molar-refractivity contribution in [1.29, 1.82) is 0 Å². The molecule has 3 fully saturated rings. The largest absolute Gasteiger partial charge is 0.386 e. The van der Waals surface area contributed by atoms with E-state index in [4.69, 9.17) is 39.0 Å². The number of anilines is 2. The van der Waals surface area contributed by atoms with Crippen molar-refractivity contribution in [2.75, 3.05) is 24.7 Å². The summed E-state index contributed by atoms with van der Waals surface area (Å²) in [6.07, 6.45) is -6.87. The molecule has 3 saturated heterocycles. The normalized spacial score (nSPS) is 38.3. The fourth-order valence-corrected chi connectivity index (χ4v) is 8.14. The van der Waals surface area contributed by atoms with Gasteiger partial charge in [0.1, 0.15) is 54.2 Å². The molecule has 10 atom stereocenters. The summed E-state index contributed by atoms with van der Waals surface area (Å²) in [4.78, 5) is 24.3. The van der Waals surface area contributed by atoms with Crippen LogP contribution < -0.4 is 11.5 Å². The molecule has 3 aliphatic rings. The van der Waals surface area contributed by atoms with Crippen LogP contribution in [0.2, 0.25) is 0 Å². The zero-order valence-corrected chi connectivity index (χ0v) is 25.5. The van der Waals surface area contributed by atoms with Crippen molar-refractivity contribution >= 4 is 72.1 Å². The molecule has 24 heteroatoms. The summed E-state index contributed by atoms with van der Waals surface area (Å²) in [7, 11) is 0. The molecule has 0 radical (unpaired) electrons. The standard InChI is InChI=1S/C20H23FN10O9P2S2/c21-9-7-1-35-41(33,43)39-13-8(38-19(12(13)32)30-5-28-10-15(22)24-3-26-17(10)30)2-36-42(34,44)40-14(9)20(37-7)31-6-29-11-16(23)25-4-27-18(11)31/h3-9,12-14,19-20,32H,1-2H2,(H,33,43)(H,34,44)(H2,22,24,26)(H2,23,25,27)/t7-,8-,9-,12-,13-,14-,19-,20-,41-,42+/m1/s1. The molecule has 0 spiro atoms. The van der Waals surface area contributed by atoms with Crippen molar-refractivity contribution in [2.45, 2.75) is 49.1 Å². The number of hydrogen-bond donors (Lipinski definition) is 5. The van der Waals surface area contributed by atoms with Gasteiger partial charge in [0.05, 0.1) is 25.9 Å². The second-order valence-corrected chi connectivity index (χ2v) is 15.7. The summed E-state index contributed by atoms with van der Waals surface area (Å²) in [6, 6.07) is 0. The van der Waals surface area contributed by atoms with E-state index in [0.717, 1.165) is 0 Å². The molecule has 4 aromatic rings. The topological polar surface area (TPSA) is 249 Å². The quantitative estimate of drug-likeness (QED) is 0.146. The van der Waals surface area contributed by atoms with Crippen LogP contribution in [0.3, 0.4) is 0 Å². The van der Waals surface area contributed by atoms with Crippen molar-refractivity contribution in [3.8, 4) is 0 Å². The summed E-state index contributed by atoms with van der Waals surface area (Å²) in [5.74, 6) is 0.149. The van der Waals surface area contributed by atoms with Gasteiger partial charge in [-0.15, -0.1) is 0 Å². The maximum Gasteiger partial charge on any atom is 0.386 e. The minimum Gasteiger partial charge on any atom is -0.386 e. The van der Waals surface area contributed by atoms with E-state index in [1.807, 2.05) is 0 Å². The lowest BCUT2D eigenvalue weighted by Gasteiger charge is -2.26. The van der Waals surface area contributed by atoms with Crippen LogP contribution in [0.4, 0.5) is 16.0 Å². The van der Waals surface area contributed by atoms with Gasteiger partial charge in [0.25, 0.3) is 0 Å². The molecule has 0 amide bonds. The first-order valence-corrected chi connectivity index (χ1v) is 18.1. The van der Waals surface area contributed by atoms with E-state index in [9.17, 15) is 14.2 Å². The first kappa shape index (κ1) is 30.2. The lowest BCUT2D eigenvalue weighted by Crippen LogP contribution is -2.35. The number of aliphatic hydroxyl groups is 1. The highest BCUT2D eigenvalue weighted by atomic mass is 32.7. The Kier molecular flexibility index (Phi) is 7.61. The molecule has 19 nitrogen and oxygen atoms in total. The molecule has 0 aromatic carbocycles. The number of nitrogen functional groups attached to an aromatic ring is 2. The average molecular weight is 693 g/mol. The lowest BCUT2D eigenvalue weighted by atomic mass is 10.1. The maximum atomic E-state index is 15.8. The summed E-state index contributed by atoms with van der Waals surface area (Å²) in [6.45, 7) is -9.97. The summed E-state index contributed by atoms with van der Waals surface area (Å²) in [5.41, 5.74) is 12.6. The van der Waals surface area contributed by atoms with E-state index in [0.29, 0.717) is 0 Å². The van der Waals surface area contributed by atoms with Crippen LogP contribution in [-0.4, -0.2) is 94.0 Å². The SMILES string of the molecule is Nc1ncnc2c1ncn2[C@@H]1O[C@@H]2CO[P@](=O)(S)O[C@@H]3[C@H](F)[C@@H](CO[P@@](=O)(S)O[C@H]2[C@H]1O)O[C@H]3n1cnc2c(N)ncnc21. The molecule has 2 bridgehead atoms. The Bertz CT molecular complexity index is 1840. The Labute approximate surface area is 256 Å². The van der Waals surface area contributed by atoms with Crippen LogP contribution >= 0.6 is 38.1 Å². The number of hydrogen-bond acceptors (Lipinski definition) is 17. The minimum absolute atomic E-state index is 0.0608. The first-order valence-electron chi connectivity index (χ1n) is 12.7. The highest BCUT2D eigenvalue weighted by Gasteiger charge is 2.54. The Morgan fingerprint density at radius 1 is 0.795 bits per heavy atom. The summed E-state index contributed by atoms with van der Waals surface area (Å²) < 4.78 is 79.2. The Balaban J connectivity index is 1.20. The Morgan fingerprint density at radius 3 is 1.89 bits per heavy atom. The Hall–Kier alpha value is -2.49. The van der Waals surface area contributed by atoms with E-state index in [1.54, 1.807) is 0 Å². The summed E-state index contributed by atoms with van der Waals surface area (Å²) in [5, 5.41) is 11.2. The van der Waals surface area contributed by atoms with Crippen molar-refractivity contribution < 1.29 is 46.2 Å². The summed E-state index contributed by atoms with van der Waals surface area (Å²) >= 11 is 8.07. The number of fused-ring (bicyclic) bond motifs is 5. The van der Waals surface area contributed by atoms with Crippen LogP contribution in [0.15, 0.2) is 25.3 Å². The third-order valence-corrected chi connectivity index (χ3v) is 10.4. The highest BCUT2D eigenvalue weighted by molar-refractivity contribution is 8.44. The van der Waals surface area contributed by atoms with E-state index in [-0.39, 0.29) is 34.0 Å². The average Bonchev–Trinajstić information content (AvgIpc) is 3.73. The third-order valence-electron chi connectivity index (χ3n) is 7.21. The number of thiol groups is 2. The lowest BCUT2D eigenvalue weighted by molar-refractivity contribution is -0.0572. The van der Waals surface area contributed by atoms with E-state index >= 15 is 4.39 Å².